The summed E-state index contributed by atoms with van der Waals surface area (Å²) in [7, 11) is 0. The second-order valence-electron chi connectivity index (χ2n) is 8.52. The Morgan fingerprint density at radius 1 is 1.29 bits per heavy atom. The van der Waals surface area contributed by atoms with Crippen molar-refractivity contribution in [3.8, 4) is 5.75 Å². The van der Waals surface area contributed by atoms with E-state index < -0.39 is 11.7 Å². The molecule has 5 rings (SSSR count). The number of carbonyl (C=O) groups excluding carboxylic acids is 1. The molecule has 2 aromatic heterocycles. The number of ether oxygens (including phenoxy) is 1. The fraction of sp³-hybridized carbons (Fsp3) is 0.524. The second-order valence-corrected chi connectivity index (χ2v) is 8.52. The van der Waals surface area contributed by atoms with Crippen LogP contribution in [0.4, 0.5) is 19.1 Å². The summed E-state index contributed by atoms with van der Waals surface area (Å²) >= 11 is 0. The largest absolute Gasteiger partial charge is 0.491 e. The maximum Gasteiger partial charge on any atom is 0.419 e. The minimum atomic E-state index is -4.48. The molecule has 7 nitrogen and oxygen atoms in total. The molecule has 0 aromatic carbocycles. The maximum atomic E-state index is 13.4. The molecule has 0 bridgehead atoms. The van der Waals surface area contributed by atoms with E-state index in [-0.39, 0.29) is 29.4 Å². The van der Waals surface area contributed by atoms with Crippen LogP contribution < -0.4 is 10.1 Å². The number of halogens is 3. The highest BCUT2D eigenvalue weighted by molar-refractivity contribution is 5.96. The van der Waals surface area contributed by atoms with Crippen LogP contribution in [0.2, 0.25) is 0 Å². The van der Waals surface area contributed by atoms with Crippen molar-refractivity contribution in [1.29, 1.82) is 0 Å². The van der Waals surface area contributed by atoms with Crippen LogP contribution in [0.15, 0.2) is 24.5 Å². The van der Waals surface area contributed by atoms with Crippen molar-refractivity contribution in [1.82, 2.24) is 19.9 Å². The number of aromatic nitrogens is 3. The highest BCUT2D eigenvalue weighted by Crippen LogP contribution is 2.71. The zero-order valence-electron chi connectivity index (χ0n) is 17.1. The number of aryl methyl sites for hydroxylation is 1. The Hall–Kier alpha value is -2.91. The summed E-state index contributed by atoms with van der Waals surface area (Å²) in [6, 6.07) is 3.39. The van der Waals surface area contributed by atoms with Gasteiger partial charge in [-0.25, -0.2) is 15.0 Å². The molecule has 31 heavy (non-hydrogen) atoms. The molecule has 2 saturated carbocycles. The number of anilines is 1. The van der Waals surface area contributed by atoms with Crippen LogP contribution in [0.3, 0.4) is 0 Å². The molecule has 3 heterocycles. The van der Waals surface area contributed by atoms with Crippen molar-refractivity contribution < 1.29 is 22.7 Å². The number of alkyl halides is 3. The minimum Gasteiger partial charge on any atom is -0.491 e. The lowest BCUT2D eigenvalue weighted by Crippen LogP contribution is -2.60. The first-order chi connectivity index (χ1) is 14.7. The Morgan fingerprint density at radius 2 is 2.03 bits per heavy atom. The summed E-state index contributed by atoms with van der Waals surface area (Å²) in [6.07, 6.45) is -1.03. The molecule has 2 aromatic rings. The number of likely N-dealkylation sites (tertiary alicyclic amines) is 1. The van der Waals surface area contributed by atoms with Crippen LogP contribution in [0.25, 0.3) is 0 Å². The smallest absolute Gasteiger partial charge is 0.419 e. The Bertz CT molecular complexity index is 1030. The fourth-order valence-electron chi connectivity index (χ4n) is 5.18. The van der Waals surface area contributed by atoms with E-state index in [4.69, 9.17) is 4.74 Å². The first kappa shape index (κ1) is 20.0. The lowest BCUT2D eigenvalue weighted by Gasteiger charge is -2.47. The molecule has 2 aliphatic carbocycles. The number of amides is 1. The van der Waals surface area contributed by atoms with Gasteiger partial charge in [-0.2, -0.15) is 13.2 Å². The second kappa shape index (κ2) is 6.80. The fourth-order valence-corrected chi connectivity index (χ4v) is 5.18. The quantitative estimate of drug-likeness (QED) is 0.779. The predicted octanol–water partition coefficient (Wildman–Crippen LogP) is 3.31. The number of hydrogen-bond donors (Lipinski definition) is 1. The Kier molecular flexibility index (Phi) is 4.39. The Labute approximate surface area is 177 Å². The zero-order valence-corrected chi connectivity index (χ0v) is 17.1. The molecule has 3 fully saturated rings. The van der Waals surface area contributed by atoms with Crippen molar-refractivity contribution in [2.45, 2.75) is 44.9 Å². The van der Waals surface area contributed by atoms with Gasteiger partial charge in [0, 0.05) is 24.6 Å². The van der Waals surface area contributed by atoms with Crippen LogP contribution in [-0.2, 0) is 6.18 Å². The van der Waals surface area contributed by atoms with Gasteiger partial charge in [0.15, 0.2) is 11.4 Å². The standard InChI is InChI=1S/C21H22F3N5O2/c1-3-31-15-5-4-11(2)27-16(15)18(30)29-10-12-6-20(12)7-14(17(20)29)28-19-25-8-13(9-26-19)21(22,23)24/h4-5,8-9,12,14,17H,3,6-7,10H2,1-2H3,(H,25,26,28). The summed E-state index contributed by atoms with van der Waals surface area (Å²) < 4.78 is 43.9. The Morgan fingerprint density at radius 3 is 2.71 bits per heavy atom. The van der Waals surface area contributed by atoms with E-state index in [1.807, 2.05) is 18.7 Å². The molecule has 1 N–H and O–H groups in total. The average molecular weight is 433 g/mol. The van der Waals surface area contributed by atoms with Crippen molar-refractivity contribution in [3.63, 3.8) is 0 Å². The monoisotopic (exact) mass is 433 g/mol. The summed E-state index contributed by atoms with van der Waals surface area (Å²) in [6.45, 7) is 4.75. The summed E-state index contributed by atoms with van der Waals surface area (Å²) in [4.78, 5) is 27.3. The van der Waals surface area contributed by atoms with Crippen LogP contribution in [0.5, 0.6) is 5.75 Å². The first-order valence-electron chi connectivity index (χ1n) is 10.3. The average Bonchev–Trinajstić information content (AvgIpc) is 3.37. The third-order valence-corrected chi connectivity index (χ3v) is 6.66. The molecule has 1 aliphatic heterocycles. The molecule has 10 heteroatoms. The van der Waals surface area contributed by atoms with Crippen LogP contribution in [0.1, 0.15) is 41.5 Å². The summed E-state index contributed by atoms with van der Waals surface area (Å²) in [5.74, 6) is 0.868. The van der Waals surface area contributed by atoms with Crippen molar-refractivity contribution in [3.05, 3.63) is 41.5 Å². The van der Waals surface area contributed by atoms with Gasteiger partial charge < -0.3 is 15.0 Å². The molecular formula is C21H22F3N5O2. The van der Waals surface area contributed by atoms with Gasteiger partial charge in [-0.05, 0) is 50.2 Å². The molecule has 1 spiro atoms. The van der Waals surface area contributed by atoms with Crippen molar-refractivity contribution in [2.24, 2.45) is 11.3 Å². The maximum absolute atomic E-state index is 13.4. The van der Waals surface area contributed by atoms with Gasteiger partial charge >= 0.3 is 6.18 Å². The molecular weight excluding hydrogens is 411 g/mol. The van der Waals surface area contributed by atoms with Gasteiger partial charge in [0.05, 0.1) is 24.3 Å². The molecule has 1 amide bonds. The predicted molar refractivity (Wildman–Crippen MR) is 105 cm³/mol. The summed E-state index contributed by atoms with van der Waals surface area (Å²) in [5, 5.41) is 3.13. The molecule has 3 aliphatic rings. The van der Waals surface area contributed by atoms with E-state index in [1.165, 1.54) is 0 Å². The van der Waals surface area contributed by atoms with Gasteiger partial charge in [0.2, 0.25) is 5.95 Å². The third-order valence-electron chi connectivity index (χ3n) is 6.66. The lowest BCUT2D eigenvalue weighted by atomic mass is 9.71. The van der Waals surface area contributed by atoms with Gasteiger partial charge in [0.25, 0.3) is 5.91 Å². The van der Waals surface area contributed by atoms with Gasteiger partial charge in [-0.15, -0.1) is 0 Å². The van der Waals surface area contributed by atoms with Gasteiger partial charge in [0.1, 0.15) is 0 Å². The number of piperidine rings is 1. The third kappa shape index (κ3) is 3.19. The minimum absolute atomic E-state index is 0.0623. The number of pyridine rings is 1. The van der Waals surface area contributed by atoms with Crippen molar-refractivity contribution >= 4 is 11.9 Å². The van der Waals surface area contributed by atoms with E-state index in [1.54, 1.807) is 12.1 Å². The van der Waals surface area contributed by atoms with E-state index in [0.717, 1.165) is 30.9 Å². The molecule has 4 atom stereocenters. The molecule has 1 saturated heterocycles. The normalized spacial score (nSPS) is 28.4. The number of carbonyl (C=O) groups is 1. The van der Waals surface area contributed by atoms with Gasteiger partial charge in [-0.1, -0.05) is 0 Å². The molecule has 4 unspecified atom stereocenters. The number of rotatable bonds is 5. The van der Waals surface area contributed by atoms with E-state index in [0.29, 0.717) is 30.5 Å². The van der Waals surface area contributed by atoms with Crippen molar-refractivity contribution in [2.75, 3.05) is 18.5 Å². The molecule has 0 radical (unpaired) electrons. The first-order valence-corrected chi connectivity index (χ1v) is 10.3. The van der Waals surface area contributed by atoms with Gasteiger partial charge in [-0.3, -0.25) is 4.79 Å². The Balaban J connectivity index is 1.36. The number of nitrogens with zero attached hydrogens (tertiary/aromatic N) is 4. The number of nitrogens with one attached hydrogen (secondary N) is 1. The zero-order chi connectivity index (χ0) is 22.0. The highest BCUT2D eigenvalue weighted by atomic mass is 19.4. The van der Waals surface area contributed by atoms with E-state index in [9.17, 15) is 18.0 Å². The van der Waals surface area contributed by atoms with Crippen LogP contribution >= 0.6 is 0 Å². The van der Waals surface area contributed by atoms with E-state index in [2.05, 4.69) is 20.3 Å². The van der Waals surface area contributed by atoms with Crippen LogP contribution in [0, 0.1) is 18.3 Å². The van der Waals surface area contributed by atoms with E-state index >= 15 is 0 Å². The summed E-state index contributed by atoms with van der Waals surface area (Å²) in [5.41, 5.74) is 0.230. The number of hydrogen-bond acceptors (Lipinski definition) is 6. The molecule has 164 valence electrons. The lowest BCUT2D eigenvalue weighted by molar-refractivity contribution is -0.138. The van der Waals surface area contributed by atoms with Crippen LogP contribution in [-0.4, -0.2) is 51.0 Å². The SMILES string of the molecule is CCOc1ccc(C)nc1C(=O)N1CC2CC23CC(Nc2ncc(C(F)(F)F)cn2)C13. The topological polar surface area (TPSA) is 80.2 Å². The highest BCUT2D eigenvalue weighted by Gasteiger charge is 2.75.